The molecule has 148 valence electrons. The first-order valence-corrected chi connectivity index (χ1v) is 9.43. The first-order chi connectivity index (χ1) is 13.3. The van der Waals surface area contributed by atoms with Gasteiger partial charge in [0.05, 0.1) is 0 Å². The summed E-state index contributed by atoms with van der Waals surface area (Å²) in [4.78, 5) is 28.8. The van der Waals surface area contributed by atoms with Crippen LogP contribution in [0.4, 0.5) is 0 Å². The zero-order valence-electron chi connectivity index (χ0n) is 16.7. The summed E-state index contributed by atoms with van der Waals surface area (Å²) in [7, 11) is 0. The Morgan fingerprint density at radius 2 is 1.21 bits per heavy atom. The van der Waals surface area contributed by atoms with Crippen molar-refractivity contribution in [1.82, 2.24) is 9.80 Å². The first-order valence-electron chi connectivity index (χ1n) is 9.43. The summed E-state index contributed by atoms with van der Waals surface area (Å²) in [6, 6.07) is 7.22. The average molecular weight is 382 g/mol. The Hall–Kier alpha value is -3.02. The van der Waals surface area contributed by atoms with Crippen molar-refractivity contribution >= 4 is 24.0 Å². The third-order valence-corrected chi connectivity index (χ3v) is 4.85. The number of carbonyl (C=O) groups is 2. The Morgan fingerprint density at radius 3 is 1.54 bits per heavy atom. The zero-order valence-corrected chi connectivity index (χ0v) is 16.7. The SMILES string of the molecule is Cc1ccc(/C=C/C(=O)N2CC(C)N(C(=O)/C=C/c3ccc(C)o3)CC2C)o1. The van der Waals surface area contributed by atoms with E-state index in [1.807, 2.05) is 52.0 Å². The van der Waals surface area contributed by atoms with E-state index in [1.165, 1.54) is 12.2 Å². The maximum absolute atomic E-state index is 12.6. The fourth-order valence-electron chi connectivity index (χ4n) is 3.33. The van der Waals surface area contributed by atoms with Crippen LogP contribution < -0.4 is 0 Å². The van der Waals surface area contributed by atoms with Crippen LogP contribution in [0, 0.1) is 13.8 Å². The fraction of sp³-hybridized carbons (Fsp3) is 0.364. The van der Waals surface area contributed by atoms with Gasteiger partial charge in [-0.25, -0.2) is 0 Å². The van der Waals surface area contributed by atoms with E-state index in [4.69, 9.17) is 8.83 Å². The summed E-state index contributed by atoms with van der Waals surface area (Å²) in [5.74, 6) is 2.75. The van der Waals surface area contributed by atoms with Crippen molar-refractivity contribution in [3.63, 3.8) is 0 Å². The highest BCUT2D eigenvalue weighted by Gasteiger charge is 2.32. The highest BCUT2D eigenvalue weighted by atomic mass is 16.3. The number of furan rings is 2. The van der Waals surface area contributed by atoms with Crippen LogP contribution in [-0.2, 0) is 9.59 Å². The maximum atomic E-state index is 12.6. The fourth-order valence-corrected chi connectivity index (χ4v) is 3.33. The predicted octanol–water partition coefficient (Wildman–Crippen LogP) is 3.66. The number of hydrogen-bond donors (Lipinski definition) is 0. The lowest BCUT2D eigenvalue weighted by Gasteiger charge is -2.43. The summed E-state index contributed by atoms with van der Waals surface area (Å²) < 4.78 is 10.9. The Bertz CT molecular complexity index is 831. The Balaban J connectivity index is 1.61. The minimum atomic E-state index is -0.0814. The van der Waals surface area contributed by atoms with Gasteiger partial charge in [0.2, 0.25) is 11.8 Å². The largest absolute Gasteiger partial charge is 0.462 e. The van der Waals surface area contributed by atoms with E-state index < -0.39 is 0 Å². The molecule has 0 N–H and O–H groups in total. The van der Waals surface area contributed by atoms with Crippen LogP contribution in [0.1, 0.15) is 36.9 Å². The maximum Gasteiger partial charge on any atom is 0.247 e. The van der Waals surface area contributed by atoms with E-state index in [1.54, 1.807) is 22.0 Å². The van der Waals surface area contributed by atoms with Gasteiger partial charge >= 0.3 is 0 Å². The molecule has 6 heteroatoms. The molecular formula is C22H26N2O4. The molecular weight excluding hydrogens is 356 g/mol. The van der Waals surface area contributed by atoms with Crippen LogP contribution in [0.15, 0.2) is 45.3 Å². The number of nitrogens with zero attached hydrogens (tertiary/aromatic N) is 2. The van der Waals surface area contributed by atoms with Crippen molar-refractivity contribution in [1.29, 1.82) is 0 Å². The minimum Gasteiger partial charge on any atom is -0.462 e. The highest BCUT2D eigenvalue weighted by Crippen LogP contribution is 2.18. The molecule has 2 amide bonds. The van der Waals surface area contributed by atoms with Gasteiger partial charge in [0.15, 0.2) is 0 Å². The van der Waals surface area contributed by atoms with Gasteiger partial charge in [0.25, 0.3) is 0 Å². The Morgan fingerprint density at radius 1 is 0.821 bits per heavy atom. The van der Waals surface area contributed by atoms with Gasteiger partial charge in [-0.1, -0.05) is 0 Å². The topological polar surface area (TPSA) is 66.9 Å². The van der Waals surface area contributed by atoms with E-state index in [0.29, 0.717) is 24.6 Å². The van der Waals surface area contributed by atoms with Crippen molar-refractivity contribution in [2.75, 3.05) is 13.1 Å². The highest BCUT2D eigenvalue weighted by molar-refractivity contribution is 5.93. The number of piperazine rings is 1. The predicted molar refractivity (Wildman–Crippen MR) is 107 cm³/mol. The Kier molecular flexibility index (Phi) is 5.87. The van der Waals surface area contributed by atoms with Gasteiger partial charge in [-0.15, -0.1) is 0 Å². The number of aryl methyl sites for hydroxylation is 2. The van der Waals surface area contributed by atoms with Gasteiger partial charge in [-0.2, -0.15) is 0 Å². The molecule has 0 aliphatic carbocycles. The minimum absolute atomic E-state index is 0.0742. The molecule has 6 nitrogen and oxygen atoms in total. The van der Waals surface area contributed by atoms with Crippen molar-refractivity contribution in [2.24, 2.45) is 0 Å². The van der Waals surface area contributed by atoms with E-state index in [9.17, 15) is 9.59 Å². The van der Waals surface area contributed by atoms with Crippen molar-refractivity contribution < 1.29 is 18.4 Å². The lowest BCUT2D eigenvalue weighted by Crippen LogP contribution is -2.59. The molecule has 1 aliphatic heterocycles. The van der Waals surface area contributed by atoms with Crippen molar-refractivity contribution in [3.8, 4) is 0 Å². The smallest absolute Gasteiger partial charge is 0.247 e. The van der Waals surface area contributed by atoms with Gasteiger partial charge in [-0.3, -0.25) is 9.59 Å². The van der Waals surface area contributed by atoms with Crippen LogP contribution in [0.2, 0.25) is 0 Å². The summed E-state index contributed by atoms with van der Waals surface area (Å²) in [5, 5.41) is 0. The summed E-state index contributed by atoms with van der Waals surface area (Å²) in [6.45, 7) is 8.60. The molecule has 0 bridgehead atoms. The molecule has 0 aromatic carbocycles. The number of amides is 2. The molecule has 0 spiro atoms. The third kappa shape index (κ3) is 4.63. The van der Waals surface area contributed by atoms with Crippen molar-refractivity contribution in [2.45, 2.75) is 39.8 Å². The average Bonchev–Trinajstić information content (AvgIpc) is 3.27. The summed E-state index contributed by atoms with van der Waals surface area (Å²) in [5.41, 5.74) is 0. The van der Waals surface area contributed by atoms with Crippen LogP contribution in [-0.4, -0.2) is 46.8 Å². The standard InChI is InChI=1S/C22H26N2O4/c1-15-13-24(22(26)12-10-20-8-6-18(4)28-20)16(2)14-23(15)21(25)11-9-19-7-5-17(3)27-19/h5-12,15-16H,13-14H2,1-4H3/b11-9+,12-10+. The van der Waals surface area contributed by atoms with E-state index in [0.717, 1.165) is 11.5 Å². The van der Waals surface area contributed by atoms with Gasteiger partial charge < -0.3 is 18.6 Å². The molecule has 3 rings (SSSR count). The molecule has 0 radical (unpaired) electrons. The monoisotopic (exact) mass is 382 g/mol. The van der Waals surface area contributed by atoms with Gasteiger partial charge in [0.1, 0.15) is 23.0 Å². The van der Waals surface area contributed by atoms with Crippen LogP contribution in [0.3, 0.4) is 0 Å². The van der Waals surface area contributed by atoms with E-state index in [-0.39, 0.29) is 23.9 Å². The molecule has 2 aromatic rings. The lowest BCUT2D eigenvalue weighted by atomic mass is 10.1. The quantitative estimate of drug-likeness (QED) is 0.757. The molecule has 2 aromatic heterocycles. The normalized spacial score (nSPS) is 20.4. The molecule has 1 fully saturated rings. The molecule has 3 heterocycles. The second-order valence-corrected chi connectivity index (χ2v) is 7.24. The third-order valence-electron chi connectivity index (χ3n) is 4.85. The zero-order chi connectivity index (χ0) is 20.3. The molecule has 0 saturated carbocycles. The summed E-state index contributed by atoms with van der Waals surface area (Å²) in [6.07, 6.45) is 6.41. The Labute approximate surface area is 165 Å². The molecule has 2 unspecified atom stereocenters. The second-order valence-electron chi connectivity index (χ2n) is 7.24. The first kappa shape index (κ1) is 19.7. The summed E-state index contributed by atoms with van der Waals surface area (Å²) >= 11 is 0. The second kappa shape index (κ2) is 8.33. The van der Waals surface area contributed by atoms with Crippen LogP contribution >= 0.6 is 0 Å². The van der Waals surface area contributed by atoms with E-state index in [2.05, 4.69) is 0 Å². The number of hydrogen-bond acceptors (Lipinski definition) is 4. The van der Waals surface area contributed by atoms with Gasteiger partial charge in [-0.05, 0) is 64.1 Å². The van der Waals surface area contributed by atoms with Crippen LogP contribution in [0.5, 0.6) is 0 Å². The van der Waals surface area contributed by atoms with E-state index >= 15 is 0 Å². The van der Waals surface area contributed by atoms with Crippen LogP contribution in [0.25, 0.3) is 12.2 Å². The molecule has 1 aliphatic rings. The molecule has 1 saturated heterocycles. The molecule has 2 atom stereocenters. The molecule has 28 heavy (non-hydrogen) atoms. The number of rotatable bonds is 4. The van der Waals surface area contributed by atoms with Gasteiger partial charge in [0, 0.05) is 37.3 Å². The lowest BCUT2D eigenvalue weighted by molar-refractivity contribution is -0.139. The number of carbonyl (C=O) groups excluding carboxylic acids is 2. The van der Waals surface area contributed by atoms with Crippen molar-refractivity contribution in [3.05, 3.63) is 59.5 Å².